The zero-order chi connectivity index (χ0) is 21.5. The Morgan fingerprint density at radius 3 is 2.61 bits per heavy atom. The SMILES string of the molecule is O=C(NC[C@H]1O[C@H](Cc2cc(COc3ccccc3)on2)CC[C@@H]1O)c1ccccc1. The van der Waals surface area contributed by atoms with Crippen LogP contribution in [0.2, 0.25) is 0 Å². The summed E-state index contributed by atoms with van der Waals surface area (Å²) in [7, 11) is 0. The molecule has 1 aliphatic rings. The van der Waals surface area contributed by atoms with Crippen LogP contribution in [-0.2, 0) is 17.8 Å². The van der Waals surface area contributed by atoms with E-state index in [1.54, 1.807) is 12.1 Å². The van der Waals surface area contributed by atoms with Gasteiger partial charge < -0.3 is 24.4 Å². The predicted octanol–water partition coefficient (Wildman–Crippen LogP) is 3.13. The number of carbonyl (C=O) groups is 1. The molecule has 0 saturated carbocycles. The summed E-state index contributed by atoms with van der Waals surface area (Å²) in [6.45, 7) is 0.551. The lowest BCUT2D eigenvalue weighted by atomic mass is 9.98. The second-order valence-electron chi connectivity index (χ2n) is 7.61. The van der Waals surface area contributed by atoms with Crippen molar-refractivity contribution in [2.24, 2.45) is 0 Å². The fourth-order valence-electron chi connectivity index (χ4n) is 3.59. The lowest BCUT2D eigenvalue weighted by Crippen LogP contribution is -2.46. The van der Waals surface area contributed by atoms with E-state index in [1.165, 1.54) is 0 Å². The molecule has 7 heteroatoms. The molecule has 1 fully saturated rings. The van der Waals surface area contributed by atoms with Gasteiger partial charge in [0.05, 0.1) is 17.9 Å². The van der Waals surface area contributed by atoms with Gasteiger partial charge >= 0.3 is 0 Å². The molecule has 31 heavy (non-hydrogen) atoms. The molecule has 0 bridgehead atoms. The molecule has 0 unspecified atom stereocenters. The maximum Gasteiger partial charge on any atom is 0.251 e. The average Bonchev–Trinajstić information content (AvgIpc) is 3.26. The molecule has 0 radical (unpaired) electrons. The van der Waals surface area contributed by atoms with E-state index in [-0.39, 0.29) is 18.6 Å². The molecule has 0 aliphatic carbocycles. The van der Waals surface area contributed by atoms with Crippen LogP contribution in [0.15, 0.2) is 71.3 Å². The Bertz CT molecular complexity index is 960. The Labute approximate surface area is 181 Å². The molecule has 4 rings (SSSR count). The van der Waals surface area contributed by atoms with Crippen molar-refractivity contribution in [2.75, 3.05) is 6.54 Å². The van der Waals surface area contributed by atoms with Crippen molar-refractivity contribution in [2.45, 2.75) is 44.2 Å². The summed E-state index contributed by atoms with van der Waals surface area (Å²) in [4.78, 5) is 12.3. The summed E-state index contributed by atoms with van der Waals surface area (Å²) in [5, 5.41) is 17.3. The van der Waals surface area contributed by atoms with Gasteiger partial charge in [0.2, 0.25) is 0 Å². The number of benzene rings is 2. The van der Waals surface area contributed by atoms with Gasteiger partial charge in [0.1, 0.15) is 18.5 Å². The fourth-order valence-corrected chi connectivity index (χ4v) is 3.59. The van der Waals surface area contributed by atoms with E-state index in [4.69, 9.17) is 14.0 Å². The number of nitrogens with zero attached hydrogens (tertiary/aromatic N) is 1. The predicted molar refractivity (Wildman–Crippen MR) is 114 cm³/mol. The number of para-hydroxylation sites is 1. The Morgan fingerprint density at radius 2 is 1.84 bits per heavy atom. The number of rotatable bonds is 8. The van der Waals surface area contributed by atoms with E-state index < -0.39 is 12.2 Å². The van der Waals surface area contributed by atoms with Gasteiger partial charge in [0.15, 0.2) is 5.76 Å². The first-order valence-electron chi connectivity index (χ1n) is 10.5. The van der Waals surface area contributed by atoms with Gasteiger partial charge in [-0.15, -0.1) is 0 Å². The summed E-state index contributed by atoms with van der Waals surface area (Å²) in [5.41, 5.74) is 1.36. The molecule has 1 saturated heterocycles. The molecular weight excluding hydrogens is 396 g/mol. The molecule has 1 aliphatic heterocycles. The van der Waals surface area contributed by atoms with Crippen LogP contribution in [0, 0.1) is 0 Å². The van der Waals surface area contributed by atoms with E-state index in [1.807, 2.05) is 54.6 Å². The van der Waals surface area contributed by atoms with Gasteiger partial charge in [-0.3, -0.25) is 4.79 Å². The van der Waals surface area contributed by atoms with Crippen LogP contribution in [0.5, 0.6) is 5.75 Å². The van der Waals surface area contributed by atoms with E-state index >= 15 is 0 Å². The quantitative estimate of drug-likeness (QED) is 0.579. The summed E-state index contributed by atoms with van der Waals surface area (Å²) >= 11 is 0. The molecule has 162 valence electrons. The highest BCUT2D eigenvalue weighted by Crippen LogP contribution is 2.23. The van der Waals surface area contributed by atoms with Gasteiger partial charge in [-0.1, -0.05) is 41.6 Å². The summed E-state index contributed by atoms with van der Waals surface area (Å²) in [6, 6.07) is 20.4. The maximum atomic E-state index is 12.3. The minimum absolute atomic E-state index is 0.102. The first-order valence-corrected chi connectivity index (χ1v) is 10.5. The molecule has 1 amide bonds. The van der Waals surface area contributed by atoms with E-state index in [0.29, 0.717) is 37.2 Å². The van der Waals surface area contributed by atoms with Gasteiger partial charge in [-0.2, -0.15) is 0 Å². The first kappa shape index (κ1) is 21.1. The van der Waals surface area contributed by atoms with Gasteiger partial charge in [-0.25, -0.2) is 0 Å². The van der Waals surface area contributed by atoms with Crippen molar-refractivity contribution in [1.29, 1.82) is 0 Å². The summed E-state index contributed by atoms with van der Waals surface area (Å²) in [6.07, 6.45) is 0.726. The number of amides is 1. The number of nitrogens with one attached hydrogen (secondary N) is 1. The van der Waals surface area contributed by atoms with Crippen LogP contribution in [-0.4, -0.2) is 41.0 Å². The Morgan fingerprint density at radius 1 is 1.10 bits per heavy atom. The molecule has 7 nitrogen and oxygen atoms in total. The largest absolute Gasteiger partial charge is 0.486 e. The van der Waals surface area contributed by atoms with Crippen LogP contribution in [0.1, 0.15) is 34.7 Å². The number of carbonyl (C=O) groups excluding carboxylic acids is 1. The first-order chi connectivity index (χ1) is 15.2. The number of ether oxygens (including phenoxy) is 2. The number of aromatic nitrogens is 1. The highest BCUT2D eigenvalue weighted by molar-refractivity contribution is 5.94. The van der Waals surface area contributed by atoms with Crippen LogP contribution in [0.4, 0.5) is 0 Å². The smallest absolute Gasteiger partial charge is 0.251 e. The second-order valence-corrected chi connectivity index (χ2v) is 7.61. The molecule has 3 atom stereocenters. The molecule has 1 aromatic heterocycles. The zero-order valence-electron chi connectivity index (χ0n) is 17.1. The summed E-state index contributed by atoms with van der Waals surface area (Å²) in [5.74, 6) is 1.23. The number of aliphatic hydroxyl groups is 1. The molecule has 2 aromatic carbocycles. The van der Waals surface area contributed by atoms with Gasteiger partial charge in [-0.05, 0) is 37.1 Å². The molecule has 2 N–H and O–H groups in total. The van der Waals surface area contributed by atoms with Crippen molar-refractivity contribution in [1.82, 2.24) is 10.5 Å². The van der Waals surface area contributed by atoms with E-state index in [9.17, 15) is 9.90 Å². The number of hydrogen-bond donors (Lipinski definition) is 2. The van der Waals surface area contributed by atoms with Gasteiger partial charge in [0.25, 0.3) is 5.91 Å². The minimum atomic E-state index is -0.612. The van der Waals surface area contributed by atoms with Crippen molar-refractivity contribution in [3.63, 3.8) is 0 Å². The van der Waals surface area contributed by atoms with Crippen LogP contribution in [0.25, 0.3) is 0 Å². The lowest BCUT2D eigenvalue weighted by Gasteiger charge is -2.33. The van der Waals surface area contributed by atoms with Crippen molar-refractivity contribution >= 4 is 5.91 Å². The second kappa shape index (κ2) is 10.2. The van der Waals surface area contributed by atoms with E-state index in [0.717, 1.165) is 11.4 Å². The van der Waals surface area contributed by atoms with E-state index in [2.05, 4.69) is 10.5 Å². The van der Waals surface area contributed by atoms with Gasteiger partial charge in [0, 0.05) is 24.6 Å². The third kappa shape index (κ3) is 5.93. The summed E-state index contributed by atoms with van der Waals surface area (Å²) < 4.78 is 17.1. The monoisotopic (exact) mass is 422 g/mol. The van der Waals surface area contributed by atoms with Crippen LogP contribution in [0.3, 0.4) is 0 Å². The molecule has 0 spiro atoms. The molecular formula is C24H26N2O5. The molecule has 2 heterocycles. The van der Waals surface area contributed by atoms with Crippen molar-refractivity contribution in [3.05, 3.63) is 83.7 Å². The average molecular weight is 422 g/mol. The maximum absolute atomic E-state index is 12.3. The fraction of sp³-hybridized carbons (Fsp3) is 0.333. The minimum Gasteiger partial charge on any atom is -0.486 e. The Balaban J connectivity index is 1.26. The third-order valence-electron chi connectivity index (χ3n) is 5.25. The third-order valence-corrected chi connectivity index (χ3v) is 5.25. The van der Waals surface area contributed by atoms with Crippen LogP contribution < -0.4 is 10.1 Å². The highest BCUT2D eigenvalue weighted by Gasteiger charge is 2.31. The molecule has 3 aromatic rings. The lowest BCUT2D eigenvalue weighted by molar-refractivity contribution is -0.114. The topological polar surface area (TPSA) is 93.8 Å². The number of hydrogen-bond acceptors (Lipinski definition) is 6. The highest BCUT2D eigenvalue weighted by atomic mass is 16.5. The van der Waals surface area contributed by atoms with Crippen molar-refractivity contribution < 1.29 is 23.9 Å². The van der Waals surface area contributed by atoms with Crippen molar-refractivity contribution in [3.8, 4) is 5.75 Å². The zero-order valence-corrected chi connectivity index (χ0v) is 17.1. The Hall–Kier alpha value is -3.16. The number of aliphatic hydroxyl groups excluding tert-OH is 1. The normalized spacial score (nSPS) is 20.9. The van der Waals surface area contributed by atoms with Crippen LogP contribution >= 0.6 is 0 Å². The standard InChI is InChI=1S/C24H26N2O5/c27-22-12-11-20(30-23(22)15-25-24(28)17-7-3-1-4-8-17)13-18-14-21(31-26-18)16-29-19-9-5-2-6-10-19/h1-10,14,20,22-23,27H,11-13,15-16H2,(H,25,28)/t20-,22-,23+/m0/s1. The Kier molecular flexibility index (Phi) is 6.96.